The number of aryl methyl sites for hydroxylation is 1. The smallest absolute Gasteiger partial charge is 0.311 e. The van der Waals surface area contributed by atoms with Crippen LogP contribution >= 0.6 is 0 Å². The molecule has 0 spiro atoms. The number of anilines is 1. The Morgan fingerprint density at radius 3 is 2.65 bits per heavy atom. The van der Waals surface area contributed by atoms with E-state index in [2.05, 4.69) is 0 Å². The highest BCUT2D eigenvalue weighted by atomic mass is 16.6. The number of nitrogen functional groups attached to an aromatic ring is 1. The number of nitrogens with zero attached hydrogens (tertiary/aromatic N) is 1. The normalized spacial score (nSPS) is 10.2. The highest BCUT2D eigenvalue weighted by molar-refractivity contribution is 5.49. The van der Waals surface area contributed by atoms with Crippen molar-refractivity contribution in [1.82, 2.24) is 0 Å². The molecule has 2 aromatic carbocycles. The summed E-state index contributed by atoms with van der Waals surface area (Å²) in [5, 5.41) is 11.1. The van der Waals surface area contributed by atoms with Gasteiger partial charge in [0, 0.05) is 11.8 Å². The number of ether oxygens (including phenoxy) is 1. The summed E-state index contributed by atoms with van der Waals surface area (Å²) in [6, 6.07) is 12.3. The number of hydrogen-bond acceptors (Lipinski definition) is 4. The Morgan fingerprint density at radius 1 is 1.20 bits per heavy atom. The van der Waals surface area contributed by atoms with E-state index in [-0.39, 0.29) is 18.0 Å². The number of nitrogens with two attached hydrogens (primary N) is 1. The minimum Gasteiger partial charge on any atom is -0.482 e. The van der Waals surface area contributed by atoms with Gasteiger partial charge in [-0.15, -0.1) is 0 Å². The molecule has 0 aromatic heterocycles. The number of nitro groups is 1. The van der Waals surface area contributed by atoms with Gasteiger partial charge in [-0.1, -0.05) is 25.1 Å². The lowest BCUT2D eigenvalue weighted by molar-refractivity contribution is -0.386. The molecule has 0 aliphatic rings. The van der Waals surface area contributed by atoms with Crippen LogP contribution in [0.3, 0.4) is 0 Å². The van der Waals surface area contributed by atoms with Gasteiger partial charge in [0.15, 0.2) is 5.75 Å². The van der Waals surface area contributed by atoms with Crippen molar-refractivity contribution in [2.24, 2.45) is 0 Å². The Bertz CT molecular complexity index is 626. The molecule has 104 valence electrons. The molecule has 0 fully saturated rings. The zero-order valence-electron chi connectivity index (χ0n) is 11.2. The average molecular weight is 272 g/mol. The average Bonchev–Trinajstić information content (AvgIpc) is 2.45. The summed E-state index contributed by atoms with van der Waals surface area (Å²) in [4.78, 5) is 10.6. The van der Waals surface area contributed by atoms with E-state index >= 15 is 0 Å². The predicted octanol–water partition coefficient (Wildman–Crippen LogP) is 3.32. The van der Waals surface area contributed by atoms with E-state index in [1.165, 1.54) is 0 Å². The van der Waals surface area contributed by atoms with Crippen molar-refractivity contribution in [3.05, 3.63) is 63.7 Å². The zero-order chi connectivity index (χ0) is 14.5. The largest absolute Gasteiger partial charge is 0.482 e. The zero-order valence-corrected chi connectivity index (χ0v) is 11.2. The fraction of sp³-hybridized carbons (Fsp3) is 0.200. The summed E-state index contributed by atoms with van der Waals surface area (Å²) >= 11 is 0. The lowest BCUT2D eigenvalue weighted by Gasteiger charge is -2.08. The molecule has 2 N–H and O–H groups in total. The first-order valence-electron chi connectivity index (χ1n) is 6.34. The maximum absolute atomic E-state index is 11.1. The number of benzene rings is 2. The number of hydrogen-bond donors (Lipinski definition) is 1. The van der Waals surface area contributed by atoms with E-state index in [9.17, 15) is 10.1 Å². The first kappa shape index (κ1) is 13.9. The quantitative estimate of drug-likeness (QED) is 0.514. The van der Waals surface area contributed by atoms with Crippen molar-refractivity contribution in [3.8, 4) is 5.75 Å². The van der Waals surface area contributed by atoms with Crippen LogP contribution in [0.5, 0.6) is 5.75 Å². The lowest BCUT2D eigenvalue weighted by Crippen LogP contribution is -2.00. The molecule has 0 aliphatic heterocycles. The Labute approximate surface area is 117 Å². The molecule has 0 bridgehead atoms. The molecule has 5 nitrogen and oxygen atoms in total. The number of rotatable bonds is 5. The van der Waals surface area contributed by atoms with Gasteiger partial charge in [0.05, 0.1) is 4.92 Å². The van der Waals surface area contributed by atoms with Crippen LogP contribution in [0.2, 0.25) is 0 Å². The van der Waals surface area contributed by atoms with Gasteiger partial charge in [-0.25, -0.2) is 0 Å². The molecule has 0 saturated heterocycles. The second kappa shape index (κ2) is 6.06. The van der Waals surface area contributed by atoms with E-state index in [1.807, 2.05) is 25.1 Å². The van der Waals surface area contributed by atoms with Crippen molar-refractivity contribution in [1.29, 1.82) is 0 Å². The molecule has 0 radical (unpaired) electrons. The van der Waals surface area contributed by atoms with Crippen LogP contribution in [-0.2, 0) is 13.0 Å². The molecule has 0 amide bonds. The fourth-order valence-electron chi connectivity index (χ4n) is 1.89. The van der Waals surface area contributed by atoms with Crippen molar-refractivity contribution in [2.45, 2.75) is 20.0 Å². The van der Waals surface area contributed by atoms with Crippen molar-refractivity contribution in [2.75, 3.05) is 5.73 Å². The third-order valence-electron chi connectivity index (χ3n) is 2.97. The molecule has 0 unspecified atom stereocenters. The number of nitro benzene ring substituents is 1. The van der Waals surface area contributed by atoms with E-state index in [4.69, 9.17) is 10.5 Å². The van der Waals surface area contributed by atoms with Crippen LogP contribution in [-0.4, -0.2) is 4.92 Å². The summed E-state index contributed by atoms with van der Waals surface area (Å²) in [5.41, 5.74) is 8.10. The van der Waals surface area contributed by atoms with Gasteiger partial charge in [0.2, 0.25) is 0 Å². The van der Waals surface area contributed by atoms with Crippen LogP contribution in [0.4, 0.5) is 11.4 Å². The predicted molar refractivity (Wildman–Crippen MR) is 77.7 cm³/mol. The van der Waals surface area contributed by atoms with Crippen LogP contribution < -0.4 is 10.5 Å². The van der Waals surface area contributed by atoms with Crippen LogP contribution in [0, 0.1) is 10.1 Å². The third-order valence-corrected chi connectivity index (χ3v) is 2.97. The molecule has 0 atom stereocenters. The lowest BCUT2D eigenvalue weighted by atomic mass is 10.1. The summed E-state index contributed by atoms with van der Waals surface area (Å²) < 4.78 is 5.54. The summed E-state index contributed by atoms with van der Waals surface area (Å²) in [7, 11) is 0. The Kier molecular flexibility index (Phi) is 4.20. The molecule has 2 aromatic rings. The molecule has 0 heterocycles. The highest BCUT2D eigenvalue weighted by Crippen LogP contribution is 2.29. The standard InChI is InChI=1S/C15H16N2O3/c1-2-11-6-7-15(14(9-11)17(18)19)20-10-12-4-3-5-13(16)8-12/h3-9H,2,10,16H2,1H3. The van der Waals surface area contributed by atoms with E-state index in [0.717, 1.165) is 17.5 Å². The second-order valence-corrected chi connectivity index (χ2v) is 4.45. The van der Waals surface area contributed by atoms with Crippen molar-refractivity contribution >= 4 is 11.4 Å². The molecular formula is C15H16N2O3. The van der Waals surface area contributed by atoms with Gasteiger partial charge in [-0.05, 0) is 35.7 Å². The van der Waals surface area contributed by atoms with Gasteiger partial charge in [-0.3, -0.25) is 10.1 Å². The maximum atomic E-state index is 11.1. The molecule has 20 heavy (non-hydrogen) atoms. The molecule has 0 saturated carbocycles. The Balaban J connectivity index is 2.18. The second-order valence-electron chi connectivity index (χ2n) is 4.45. The minimum absolute atomic E-state index is 0.00625. The minimum atomic E-state index is -0.423. The molecule has 5 heteroatoms. The van der Waals surface area contributed by atoms with Crippen molar-refractivity contribution in [3.63, 3.8) is 0 Å². The molecular weight excluding hydrogens is 256 g/mol. The Morgan fingerprint density at radius 2 is 2.00 bits per heavy atom. The summed E-state index contributed by atoms with van der Waals surface area (Å²) in [6.45, 7) is 2.20. The van der Waals surface area contributed by atoms with E-state index in [0.29, 0.717) is 5.69 Å². The van der Waals surface area contributed by atoms with E-state index < -0.39 is 4.92 Å². The van der Waals surface area contributed by atoms with Crippen LogP contribution in [0.15, 0.2) is 42.5 Å². The van der Waals surface area contributed by atoms with E-state index in [1.54, 1.807) is 24.3 Å². The third kappa shape index (κ3) is 3.26. The first-order chi connectivity index (χ1) is 9.60. The van der Waals surface area contributed by atoms with Gasteiger partial charge in [-0.2, -0.15) is 0 Å². The van der Waals surface area contributed by atoms with Gasteiger partial charge in [0.25, 0.3) is 0 Å². The highest BCUT2D eigenvalue weighted by Gasteiger charge is 2.15. The fourth-order valence-corrected chi connectivity index (χ4v) is 1.89. The van der Waals surface area contributed by atoms with Crippen molar-refractivity contribution < 1.29 is 9.66 Å². The van der Waals surface area contributed by atoms with Gasteiger partial charge in [0.1, 0.15) is 6.61 Å². The van der Waals surface area contributed by atoms with Crippen LogP contribution in [0.1, 0.15) is 18.1 Å². The Hall–Kier alpha value is -2.56. The molecule has 2 rings (SSSR count). The van der Waals surface area contributed by atoms with Gasteiger partial charge < -0.3 is 10.5 Å². The monoisotopic (exact) mass is 272 g/mol. The maximum Gasteiger partial charge on any atom is 0.311 e. The van der Waals surface area contributed by atoms with Gasteiger partial charge >= 0.3 is 5.69 Å². The van der Waals surface area contributed by atoms with Crippen LogP contribution in [0.25, 0.3) is 0 Å². The SMILES string of the molecule is CCc1ccc(OCc2cccc(N)c2)c([N+](=O)[O-])c1. The molecule has 0 aliphatic carbocycles. The first-order valence-corrected chi connectivity index (χ1v) is 6.34. The summed E-state index contributed by atoms with van der Waals surface area (Å²) in [6.07, 6.45) is 0.746. The topological polar surface area (TPSA) is 78.4 Å². The summed E-state index contributed by atoms with van der Waals surface area (Å²) in [5.74, 6) is 0.273.